The zero-order valence-corrected chi connectivity index (χ0v) is 26.3. The van der Waals surface area contributed by atoms with Crippen molar-refractivity contribution in [3.05, 3.63) is 12.3 Å². The fraction of sp³-hybridized carbons (Fsp3) is 0.852. The average molecular weight is 589 g/mol. The molecule has 3 saturated heterocycles. The van der Waals surface area contributed by atoms with Gasteiger partial charge >= 0.3 is 0 Å². The Morgan fingerprint density at radius 3 is 2.69 bits per heavy atom. The molecule has 0 aromatic rings. The monoisotopic (exact) mass is 588 g/mol. The Labute approximate surface area is 239 Å². The largest absolute Gasteiger partial charge is 0.502 e. The first-order valence-electron chi connectivity index (χ1n) is 14.1. The minimum absolute atomic E-state index is 0.0178. The highest BCUT2D eigenvalue weighted by Crippen LogP contribution is 2.50. The summed E-state index contributed by atoms with van der Waals surface area (Å²) in [5.74, 6) is 0.546. The molecule has 3 aliphatic heterocycles. The van der Waals surface area contributed by atoms with Crippen molar-refractivity contribution in [3.63, 3.8) is 0 Å². The number of rotatable bonds is 16. The molecule has 0 aromatic heterocycles. The summed E-state index contributed by atoms with van der Waals surface area (Å²) in [5.41, 5.74) is 0. The molecule has 0 aromatic carbocycles. The summed E-state index contributed by atoms with van der Waals surface area (Å²) in [6, 6.07) is 0.582. The molecule has 0 saturated carbocycles. The smallest absolute Gasteiger partial charge is 0.262 e. The Balaban J connectivity index is 1.96. The summed E-state index contributed by atoms with van der Waals surface area (Å²) in [6.07, 6.45) is 5.11. The van der Waals surface area contributed by atoms with Gasteiger partial charge in [-0.1, -0.05) is 19.6 Å². The lowest BCUT2D eigenvalue weighted by molar-refractivity contribution is -0.200. The first kappa shape index (κ1) is 32.4. The number of piperazine rings is 1. The van der Waals surface area contributed by atoms with E-state index in [9.17, 15) is 9.59 Å². The quantitative estimate of drug-likeness (QED) is 0.116. The van der Waals surface area contributed by atoms with Crippen LogP contribution in [0.25, 0.3) is 0 Å². The highest BCUT2D eigenvalue weighted by molar-refractivity contribution is 8.01. The molecule has 5 atom stereocenters. The zero-order valence-electron chi connectivity index (χ0n) is 24.5. The van der Waals surface area contributed by atoms with Gasteiger partial charge in [0, 0.05) is 35.3 Å². The Kier molecular flexibility index (Phi) is 12.6. The van der Waals surface area contributed by atoms with Gasteiger partial charge in [0.15, 0.2) is 11.2 Å². The molecule has 12 heteroatoms. The average Bonchev–Trinajstić information content (AvgIpc) is 3.21. The molecular weight excluding hydrogens is 540 g/mol. The maximum atomic E-state index is 14.1. The van der Waals surface area contributed by atoms with Crippen molar-refractivity contribution in [1.82, 2.24) is 9.80 Å². The summed E-state index contributed by atoms with van der Waals surface area (Å²) >= 11 is 1.55. The molecule has 0 spiro atoms. The minimum atomic E-state index is -1.39. The van der Waals surface area contributed by atoms with E-state index in [2.05, 4.69) is 19.6 Å². The third-order valence-corrected chi connectivity index (χ3v) is 10.8. The van der Waals surface area contributed by atoms with E-state index in [4.69, 9.17) is 28.4 Å². The highest BCUT2D eigenvalue weighted by atomic mass is 32.2. The van der Waals surface area contributed by atoms with Crippen LogP contribution >= 0.6 is 11.8 Å². The fourth-order valence-electron chi connectivity index (χ4n) is 5.14. The summed E-state index contributed by atoms with van der Waals surface area (Å²) in [7, 11) is 1.92. The second kappa shape index (κ2) is 15.2. The number of carbonyl (C=O) groups is 2. The van der Waals surface area contributed by atoms with Gasteiger partial charge in [-0.2, -0.15) is 0 Å². The highest BCUT2D eigenvalue weighted by Gasteiger charge is 2.66. The van der Waals surface area contributed by atoms with E-state index in [1.54, 1.807) is 48.1 Å². The standard InChI is InChI=1S/C27H48N2O8SSi/c1-7-33-13-11-22(36-20-34-15-14-32-3)21-18-23(37-25-10-8-9-12-35-25)27(38-16-17-39(4,5)6)26(31)28(2)19-24(30)29(21)27/h11,13,21-23,25H,7-10,12,14-20H2,1-6H3/b13-11+/t21-,22-,23-,25?,27+/m0/s1. The number of fused-ring (bicyclic) bond motifs is 1. The number of carbonyl (C=O) groups excluding carboxylic acids is 2. The van der Waals surface area contributed by atoms with Gasteiger partial charge < -0.3 is 38.2 Å². The van der Waals surface area contributed by atoms with Gasteiger partial charge in [0.05, 0.1) is 38.7 Å². The van der Waals surface area contributed by atoms with Crippen molar-refractivity contribution in [1.29, 1.82) is 0 Å². The van der Waals surface area contributed by atoms with Gasteiger partial charge in [0.2, 0.25) is 5.91 Å². The van der Waals surface area contributed by atoms with Crippen LogP contribution in [-0.4, -0.2) is 119 Å². The van der Waals surface area contributed by atoms with Gasteiger partial charge in [-0.25, -0.2) is 0 Å². The van der Waals surface area contributed by atoms with Crippen LogP contribution in [0.5, 0.6) is 0 Å². The summed E-state index contributed by atoms with van der Waals surface area (Å²) in [4.78, 5) is 30.0. The van der Waals surface area contributed by atoms with Crippen LogP contribution in [0, 0.1) is 0 Å². The normalized spacial score (nSPS) is 28.8. The van der Waals surface area contributed by atoms with Crippen LogP contribution in [0.2, 0.25) is 25.7 Å². The SMILES string of the molecule is CCO/C=C/[C@H](OCOCCOC)[C@@H]1C[C@H](OC2CCCCO2)[C@@]2(SCC[Si](C)(C)C)C(=O)N(C)CC(=O)N12. The van der Waals surface area contributed by atoms with Gasteiger partial charge in [-0.15, -0.1) is 11.8 Å². The lowest BCUT2D eigenvalue weighted by Gasteiger charge is -2.48. The lowest BCUT2D eigenvalue weighted by Crippen LogP contribution is -2.69. The predicted molar refractivity (Wildman–Crippen MR) is 153 cm³/mol. The van der Waals surface area contributed by atoms with E-state index in [0.29, 0.717) is 32.8 Å². The van der Waals surface area contributed by atoms with Gasteiger partial charge in [-0.05, 0) is 44.1 Å². The number of amides is 2. The molecule has 10 nitrogen and oxygen atoms in total. The van der Waals surface area contributed by atoms with Crippen molar-refractivity contribution < 1.29 is 38.0 Å². The molecule has 1 unspecified atom stereocenters. The number of likely N-dealkylation sites (N-methyl/N-ethyl adjacent to an activating group) is 1. The molecule has 3 heterocycles. The molecular formula is C27H48N2O8SSi. The third kappa shape index (κ3) is 8.43. The van der Waals surface area contributed by atoms with Gasteiger partial charge in [0.1, 0.15) is 19.0 Å². The van der Waals surface area contributed by atoms with Gasteiger partial charge in [-0.3, -0.25) is 9.59 Å². The Hall–Kier alpha value is -1.15. The number of thioether (sulfide) groups is 1. The second-order valence-corrected chi connectivity index (χ2v) is 18.4. The van der Waals surface area contributed by atoms with Crippen LogP contribution in [0.1, 0.15) is 32.6 Å². The van der Waals surface area contributed by atoms with E-state index in [0.717, 1.165) is 31.1 Å². The number of hydrogen-bond acceptors (Lipinski definition) is 9. The van der Waals surface area contributed by atoms with E-state index < -0.39 is 37.5 Å². The maximum absolute atomic E-state index is 14.1. The molecule has 0 radical (unpaired) electrons. The molecule has 0 aliphatic carbocycles. The Morgan fingerprint density at radius 2 is 2.03 bits per heavy atom. The fourth-order valence-corrected chi connectivity index (χ4v) is 9.30. The third-order valence-electron chi connectivity index (χ3n) is 7.19. The first-order chi connectivity index (χ1) is 18.6. The van der Waals surface area contributed by atoms with Crippen LogP contribution in [0.15, 0.2) is 12.3 Å². The molecule has 3 rings (SSSR count). The molecule has 0 bridgehead atoms. The first-order valence-corrected chi connectivity index (χ1v) is 18.8. The molecule has 2 amide bonds. The minimum Gasteiger partial charge on any atom is -0.502 e. The van der Waals surface area contributed by atoms with E-state index in [-0.39, 0.29) is 25.2 Å². The molecule has 3 aliphatic rings. The second-order valence-electron chi connectivity index (χ2n) is 11.4. The van der Waals surface area contributed by atoms with E-state index in [1.165, 1.54) is 0 Å². The van der Waals surface area contributed by atoms with Crippen molar-refractivity contribution in [2.45, 2.75) is 87.7 Å². The Morgan fingerprint density at radius 1 is 1.23 bits per heavy atom. The number of methoxy groups -OCH3 is 1. The van der Waals surface area contributed by atoms with E-state index >= 15 is 0 Å². The molecule has 39 heavy (non-hydrogen) atoms. The molecule has 3 fully saturated rings. The Bertz CT molecular complexity index is 822. The van der Waals surface area contributed by atoms with E-state index in [1.807, 2.05) is 6.92 Å². The number of hydrogen-bond donors (Lipinski definition) is 0. The predicted octanol–water partition coefficient (Wildman–Crippen LogP) is 3.29. The van der Waals surface area contributed by atoms with Gasteiger partial charge in [0.25, 0.3) is 5.91 Å². The summed E-state index contributed by atoms with van der Waals surface area (Å²) in [6.45, 7) is 10.9. The zero-order chi connectivity index (χ0) is 28.5. The molecule has 0 N–H and O–H groups in total. The topological polar surface area (TPSA) is 96.0 Å². The van der Waals surface area contributed by atoms with Crippen LogP contribution in [0.4, 0.5) is 0 Å². The van der Waals surface area contributed by atoms with Crippen molar-refractivity contribution in [2.75, 3.05) is 59.7 Å². The van der Waals surface area contributed by atoms with Crippen LogP contribution in [0.3, 0.4) is 0 Å². The van der Waals surface area contributed by atoms with Crippen molar-refractivity contribution >= 4 is 31.7 Å². The summed E-state index contributed by atoms with van der Waals surface area (Å²) < 4.78 is 34.9. The maximum Gasteiger partial charge on any atom is 0.262 e. The number of ether oxygens (including phenoxy) is 6. The van der Waals surface area contributed by atoms with Crippen LogP contribution < -0.4 is 0 Å². The lowest BCUT2D eigenvalue weighted by atomic mass is 10.1. The van der Waals surface area contributed by atoms with Crippen molar-refractivity contribution in [2.24, 2.45) is 0 Å². The van der Waals surface area contributed by atoms with Crippen molar-refractivity contribution in [3.8, 4) is 0 Å². The van der Waals surface area contributed by atoms with Crippen LogP contribution in [-0.2, 0) is 38.0 Å². The number of nitrogens with zero attached hydrogens (tertiary/aromatic N) is 2. The molecule has 224 valence electrons. The summed E-state index contributed by atoms with van der Waals surface area (Å²) in [5, 5.41) is 0.